The Morgan fingerprint density at radius 2 is 1.95 bits per heavy atom. The Morgan fingerprint density at radius 3 is 2.45 bits per heavy atom. The lowest BCUT2D eigenvalue weighted by molar-refractivity contribution is -0.141. The number of hydrogen-bond acceptors (Lipinski definition) is 3. The second-order valence-electron chi connectivity index (χ2n) is 5.55. The zero-order chi connectivity index (χ0) is 16.3. The number of rotatable bonds is 5. The van der Waals surface area contributed by atoms with Crippen molar-refractivity contribution in [3.05, 3.63) is 35.4 Å². The van der Waals surface area contributed by atoms with Gasteiger partial charge in [0.25, 0.3) is 5.91 Å². The van der Waals surface area contributed by atoms with Crippen LogP contribution >= 0.6 is 0 Å². The first kappa shape index (κ1) is 16.0. The lowest BCUT2D eigenvalue weighted by Gasteiger charge is -2.21. The molecule has 22 heavy (non-hydrogen) atoms. The summed E-state index contributed by atoms with van der Waals surface area (Å²) in [4.78, 5) is 37.7. The number of carboxylic acid groups (broad SMARTS) is 1. The van der Waals surface area contributed by atoms with Crippen molar-refractivity contribution in [3.8, 4) is 0 Å². The number of nitrogens with zero attached hydrogens (tertiary/aromatic N) is 2. The fourth-order valence-electron chi connectivity index (χ4n) is 2.39. The first-order valence-electron chi connectivity index (χ1n) is 7.27. The summed E-state index contributed by atoms with van der Waals surface area (Å²) in [6.07, 6.45) is 1.50. The SMILES string of the molecule is CC(C(=O)O)N(C)C(=O)c1ccc(CN2CCCC2=O)cc1. The second-order valence-corrected chi connectivity index (χ2v) is 5.55. The van der Waals surface area contributed by atoms with Crippen LogP contribution in [0.4, 0.5) is 0 Å². The summed E-state index contributed by atoms with van der Waals surface area (Å²) >= 11 is 0. The summed E-state index contributed by atoms with van der Waals surface area (Å²) < 4.78 is 0. The number of carbonyl (C=O) groups is 3. The maximum absolute atomic E-state index is 12.2. The Labute approximate surface area is 129 Å². The highest BCUT2D eigenvalue weighted by Crippen LogP contribution is 2.15. The summed E-state index contributed by atoms with van der Waals surface area (Å²) in [5.41, 5.74) is 1.40. The Hall–Kier alpha value is -2.37. The highest BCUT2D eigenvalue weighted by Gasteiger charge is 2.23. The summed E-state index contributed by atoms with van der Waals surface area (Å²) in [6, 6.07) is 6.07. The average molecular weight is 304 g/mol. The molecule has 2 rings (SSSR count). The largest absolute Gasteiger partial charge is 0.480 e. The molecule has 1 saturated heterocycles. The molecule has 118 valence electrons. The molecule has 1 aliphatic rings. The van der Waals surface area contributed by atoms with Crippen LogP contribution in [0.2, 0.25) is 0 Å². The first-order chi connectivity index (χ1) is 10.4. The van der Waals surface area contributed by atoms with Gasteiger partial charge in [-0.15, -0.1) is 0 Å². The normalized spacial score (nSPS) is 15.7. The van der Waals surface area contributed by atoms with Crippen LogP contribution in [-0.4, -0.2) is 52.3 Å². The quantitative estimate of drug-likeness (QED) is 0.891. The van der Waals surface area contributed by atoms with Gasteiger partial charge in [0.05, 0.1) is 0 Å². The monoisotopic (exact) mass is 304 g/mol. The molecule has 1 N–H and O–H groups in total. The number of hydrogen-bond donors (Lipinski definition) is 1. The number of aliphatic carboxylic acids is 1. The molecule has 1 heterocycles. The van der Waals surface area contributed by atoms with Crippen molar-refractivity contribution in [2.24, 2.45) is 0 Å². The van der Waals surface area contributed by atoms with E-state index in [9.17, 15) is 14.4 Å². The van der Waals surface area contributed by atoms with E-state index in [1.54, 1.807) is 29.2 Å². The van der Waals surface area contributed by atoms with Crippen LogP contribution in [0.25, 0.3) is 0 Å². The molecule has 1 atom stereocenters. The number of benzene rings is 1. The van der Waals surface area contributed by atoms with Gasteiger partial charge in [-0.1, -0.05) is 12.1 Å². The summed E-state index contributed by atoms with van der Waals surface area (Å²) in [6.45, 7) is 2.79. The van der Waals surface area contributed by atoms with Gasteiger partial charge in [-0.3, -0.25) is 9.59 Å². The summed E-state index contributed by atoms with van der Waals surface area (Å²) in [5, 5.41) is 8.95. The predicted octanol–water partition coefficient (Wildman–Crippen LogP) is 1.35. The molecule has 0 aliphatic carbocycles. The van der Waals surface area contributed by atoms with Gasteiger partial charge in [0.2, 0.25) is 5.91 Å². The molecule has 1 aromatic carbocycles. The Kier molecular flexibility index (Phi) is 4.80. The van der Waals surface area contributed by atoms with E-state index in [-0.39, 0.29) is 11.8 Å². The van der Waals surface area contributed by atoms with Crippen molar-refractivity contribution in [1.82, 2.24) is 9.80 Å². The van der Waals surface area contributed by atoms with Gasteiger partial charge in [-0.2, -0.15) is 0 Å². The molecular formula is C16H20N2O4. The van der Waals surface area contributed by atoms with Crippen molar-refractivity contribution in [2.45, 2.75) is 32.4 Å². The minimum atomic E-state index is -1.04. The molecule has 1 fully saturated rings. The summed E-state index contributed by atoms with van der Waals surface area (Å²) in [5.74, 6) is -1.21. The van der Waals surface area contributed by atoms with Gasteiger partial charge in [0.15, 0.2) is 0 Å². The third-order valence-electron chi connectivity index (χ3n) is 4.00. The highest BCUT2D eigenvalue weighted by atomic mass is 16.4. The smallest absolute Gasteiger partial charge is 0.326 e. The molecule has 6 heteroatoms. The van der Waals surface area contributed by atoms with Gasteiger partial charge < -0.3 is 14.9 Å². The van der Waals surface area contributed by atoms with Gasteiger partial charge in [0, 0.05) is 32.1 Å². The fraction of sp³-hybridized carbons (Fsp3) is 0.438. The van der Waals surface area contributed by atoms with Crippen molar-refractivity contribution >= 4 is 17.8 Å². The minimum absolute atomic E-state index is 0.162. The minimum Gasteiger partial charge on any atom is -0.480 e. The van der Waals surface area contributed by atoms with Crippen LogP contribution in [0.5, 0.6) is 0 Å². The van der Waals surface area contributed by atoms with Crippen molar-refractivity contribution in [1.29, 1.82) is 0 Å². The van der Waals surface area contributed by atoms with Crippen LogP contribution in [0.1, 0.15) is 35.7 Å². The van der Waals surface area contributed by atoms with E-state index >= 15 is 0 Å². The Morgan fingerprint density at radius 1 is 1.32 bits per heavy atom. The zero-order valence-electron chi connectivity index (χ0n) is 12.8. The van der Waals surface area contributed by atoms with Gasteiger partial charge >= 0.3 is 5.97 Å². The predicted molar refractivity (Wildman–Crippen MR) is 80.3 cm³/mol. The Bertz CT molecular complexity index is 582. The third-order valence-corrected chi connectivity index (χ3v) is 4.00. The van der Waals surface area contributed by atoms with E-state index in [0.29, 0.717) is 18.5 Å². The van der Waals surface area contributed by atoms with Crippen LogP contribution in [0.3, 0.4) is 0 Å². The van der Waals surface area contributed by atoms with Gasteiger partial charge in [-0.05, 0) is 31.0 Å². The fourth-order valence-corrected chi connectivity index (χ4v) is 2.39. The molecule has 6 nitrogen and oxygen atoms in total. The number of carbonyl (C=O) groups excluding carboxylic acids is 2. The third kappa shape index (κ3) is 3.44. The molecule has 0 spiro atoms. The molecule has 0 saturated carbocycles. The van der Waals surface area contributed by atoms with E-state index in [1.807, 2.05) is 0 Å². The summed E-state index contributed by atoms with van der Waals surface area (Å²) in [7, 11) is 1.47. The lowest BCUT2D eigenvalue weighted by atomic mass is 10.1. The maximum Gasteiger partial charge on any atom is 0.326 e. The Balaban J connectivity index is 2.03. The first-order valence-corrected chi connectivity index (χ1v) is 7.27. The van der Waals surface area contributed by atoms with Crippen molar-refractivity contribution in [3.63, 3.8) is 0 Å². The van der Waals surface area contributed by atoms with Crippen LogP contribution < -0.4 is 0 Å². The van der Waals surface area contributed by atoms with Crippen LogP contribution in [0.15, 0.2) is 24.3 Å². The van der Waals surface area contributed by atoms with Crippen molar-refractivity contribution in [2.75, 3.05) is 13.6 Å². The molecule has 1 unspecified atom stereocenters. The molecule has 1 aromatic rings. The molecule has 0 aromatic heterocycles. The topological polar surface area (TPSA) is 77.9 Å². The molecule has 0 radical (unpaired) electrons. The number of carboxylic acids is 1. The highest BCUT2D eigenvalue weighted by molar-refractivity contribution is 5.96. The lowest BCUT2D eigenvalue weighted by Crippen LogP contribution is -2.40. The van der Waals surface area contributed by atoms with Crippen LogP contribution in [-0.2, 0) is 16.1 Å². The van der Waals surface area contributed by atoms with E-state index < -0.39 is 12.0 Å². The molecule has 2 amide bonds. The number of amides is 2. The maximum atomic E-state index is 12.2. The van der Waals surface area contributed by atoms with E-state index in [0.717, 1.165) is 18.5 Å². The number of likely N-dealkylation sites (tertiary alicyclic amines) is 1. The van der Waals surface area contributed by atoms with Crippen LogP contribution in [0, 0.1) is 0 Å². The van der Waals surface area contributed by atoms with Crippen molar-refractivity contribution < 1.29 is 19.5 Å². The van der Waals surface area contributed by atoms with Gasteiger partial charge in [-0.25, -0.2) is 4.79 Å². The second kappa shape index (κ2) is 6.60. The standard InChI is InChI=1S/C16H20N2O4/c1-11(16(21)22)17(2)15(20)13-7-5-12(6-8-13)10-18-9-3-4-14(18)19/h5-8,11H,3-4,9-10H2,1-2H3,(H,21,22). The average Bonchev–Trinajstić information content (AvgIpc) is 2.91. The van der Waals surface area contributed by atoms with Gasteiger partial charge in [0.1, 0.15) is 6.04 Å². The molecule has 1 aliphatic heterocycles. The van der Waals surface area contributed by atoms with E-state index in [2.05, 4.69) is 0 Å². The zero-order valence-corrected chi connectivity index (χ0v) is 12.8. The van der Waals surface area contributed by atoms with E-state index in [1.165, 1.54) is 18.9 Å². The van der Waals surface area contributed by atoms with E-state index in [4.69, 9.17) is 5.11 Å². The number of likely N-dealkylation sites (N-methyl/N-ethyl adjacent to an activating group) is 1. The molecule has 0 bridgehead atoms. The molecular weight excluding hydrogens is 284 g/mol.